The molecule has 6 rings (SSSR count). The lowest BCUT2D eigenvalue weighted by Crippen LogP contribution is -2.47. The van der Waals surface area contributed by atoms with Gasteiger partial charge in [-0.15, -0.1) is 0 Å². The summed E-state index contributed by atoms with van der Waals surface area (Å²) in [5.74, 6) is 0.186. The molecule has 2 fully saturated rings. The Morgan fingerprint density at radius 3 is 2.24 bits per heavy atom. The molecule has 1 aromatic carbocycles. The zero-order chi connectivity index (χ0) is 32.6. The molecule has 4 atom stereocenters. The number of halogens is 4. The number of hydrogen-bond donors (Lipinski definition) is 0. The second-order valence-electron chi connectivity index (χ2n) is 15.7. The molecule has 0 radical (unpaired) electrons. The molecule has 2 aromatic rings. The zero-order valence-electron chi connectivity index (χ0n) is 27.6. The quantitative estimate of drug-likeness (QED) is 0.177. The number of benzene rings is 1. The molecule has 0 N–H and O–H groups in total. The molecule has 0 amide bonds. The predicted octanol–water partition coefficient (Wildman–Crippen LogP) is 9.57. The molecule has 45 heavy (non-hydrogen) atoms. The van der Waals surface area contributed by atoms with E-state index >= 15 is 0 Å². The summed E-state index contributed by atoms with van der Waals surface area (Å²) in [6.07, 6.45) is -0.983. The van der Waals surface area contributed by atoms with Gasteiger partial charge in [0.1, 0.15) is 11.7 Å². The standard InChI is InChI=1S/C35H47F3INO4Si/c1-32(2,3)45(6,7)44-25-19-33(4,5)18-24-27(25)29-28(30(40-24)21-12-15-41-16-13-21)31(43-34(29)14-17-42-20-26(34)39)22-8-10-23(11-9-22)35(36,37)38/h8-11,21,25-26,31H,12-20H2,1-7H3/t25-,26?,31+,34?/m0/s1. The van der Waals surface area contributed by atoms with E-state index < -0.39 is 31.8 Å². The van der Waals surface area contributed by atoms with Crippen LogP contribution in [0, 0.1) is 5.41 Å². The van der Waals surface area contributed by atoms with Crippen LogP contribution < -0.4 is 0 Å². The predicted molar refractivity (Wildman–Crippen MR) is 179 cm³/mol. The van der Waals surface area contributed by atoms with Crippen molar-refractivity contribution in [3.63, 3.8) is 0 Å². The molecule has 2 unspecified atom stereocenters. The summed E-state index contributed by atoms with van der Waals surface area (Å²) in [7, 11) is -2.20. The maximum atomic E-state index is 13.6. The molecule has 5 nitrogen and oxygen atoms in total. The number of ether oxygens (including phenoxy) is 3. The molecule has 2 saturated heterocycles. The van der Waals surface area contributed by atoms with Gasteiger partial charge in [-0.05, 0) is 66.9 Å². The normalized spacial score (nSPS) is 29.1. The van der Waals surface area contributed by atoms with E-state index in [1.807, 2.05) is 0 Å². The van der Waals surface area contributed by atoms with E-state index in [0.717, 1.165) is 48.2 Å². The van der Waals surface area contributed by atoms with Crippen LogP contribution in [0.1, 0.15) is 118 Å². The monoisotopic (exact) mass is 757 g/mol. The topological polar surface area (TPSA) is 49.8 Å². The molecule has 10 heteroatoms. The molecule has 0 saturated carbocycles. The molecule has 3 aliphatic heterocycles. The van der Waals surface area contributed by atoms with Crippen LogP contribution in [-0.4, -0.2) is 43.7 Å². The Morgan fingerprint density at radius 1 is 0.978 bits per heavy atom. The first-order chi connectivity index (χ1) is 20.9. The zero-order valence-corrected chi connectivity index (χ0v) is 30.7. The van der Waals surface area contributed by atoms with E-state index in [1.54, 1.807) is 12.1 Å². The number of pyridine rings is 1. The van der Waals surface area contributed by atoms with Crippen LogP contribution in [0.5, 0.6) is 0 Å². The molecule has 1 aromatic heterocycles. The smallest absolute Gasteiger partial charge is 0.410 e. The first-order valence-electron chi connectivity index (χ1n) is 16.3. The Bertz CT molecular complexity index is 1420. The van der Waals surface area contributed by atoms with Gasteiger partial charge in [0.05, 0.1) is 27.9 Å². The average Bonchev–Trinajstić information content (AvgIpc) is 3.28. The number of rotatable bonds is 4. The van der Waals surface area contributed by atoms with Gasteiger partial charge in [-0.25, -0.2) is 0 Å². The molecule has 4 aliphatic rings. The van der Waals surface area contributed by atoms with Crippen molar-refractivity contribution < 1.29 is 31.8 Å². The van der Waals surface area contributed by atoms with Crippen molar-refractivity contribution in [3.8, 4) is 0 Å². The highest BCUT2D eigenvalue weighted by Gasteiger charge is 2.57. The lowest BCUT2D eigenvalue weighted by molar-refractivity contribution is -0.137. The van der Waals surface area contributed by atoms with Crippen molar-refractivity contribution in [2.24, 2.45) is 5.41 Å². The maximum Gasteiger partial charge on any atom is 0.416 e. The average molecular weight is 758 g/mol. The van der Waals surface area contributed by atoms with Crippen LogP contribution in [0.25, 0.3) is 0 Å². The molecule has 1 aliphatic carbocycles. The van der Waals surface area contributed by atoms with Gasteiger partial charge >= 0.3 is 6.18 Å². The van der Waals surface area contributed by atoms with Crippen molar-refractivity contribution in [1.29, 1.82) is 0 Å². The number of hydrogen-bond acceptors (Lipinski definition) is 5. The Balaban J connectivity index is 1.63. The molecule has 248 valence electrons. The van der Waals surface area contributed by atoms with Crippen LogP contribution in [0.2, 0.25) is 18.1 Å². The Morgan fingerprint density at radius 2 is 1.64 bits per heavy atom. The van der Waals surface area contributed by atoms with E-state index in [0.29, 0.717) is 32.8 Å². The van der Waals surface area contributed by atoms with E-state index in [2.05, 4.69) is 70.3 Å². The number of fused-ring (bicyclic) bond motifs is 4. The second-order valence-corrected chi connectivity index (χ2v) is 22.0. The van der Waals surface area contributed by atoms with Crippen LogP contribution in [-0.2, 0) is 36.8 Å². The van der Waals surface area contributed by atoms with Gasteiger partial charge in [-0.1, -0.05) is 69.3 Å². The first kappa shape index (κ1) is 33.8. The molecule has 4 heterocycles. The van der Waals surface area contributed by atoms with Gasteiger partial charge in [-0.3, -0.25) is 4.98 Å². The highest BCUT2D eigenvalue weighted by molar-refractivity contribution is 14.1. The summed E-state index contributed by atoms with van der Waals surface area (Å²) >= 11 is 2.48. The summed E-state index contributed by atoms with van der Waals surface area (Å²) in [6.45, 7) is 18.5. The van der Waals surface area contributed by atoms with Gasteiger partial charge in [0.25, 0.3) is 0 Å². The van der Waals surface area contributed by atoms with Crippen molar-refractivity contribution in [2.45, 2.75) is 119 Å². The molecule has 1 spiro atoms. The van der Waals surface area contributed by atoms with Gasteiger partial charge in [-0.2, -0.15) is 13.2 Å². The molecular weight excluding hydrogens is 710 g/mol. The van der Waals surface area contributed by atoms with Crippen LogP contribution in [0.15, 0.2) is 24.3 Å². The fraction of sp³-hybridized carbons (Fsp3) is 0.686. The highest BCUT2D eigenvalue weighted by Crippen LogP contribution is 2.60. The minimum atomic E-state index is -4.41. The van der Waals surface area contributed by atoms with Crippen molar-refractivity contribution in [1.82, 2.24) is 4.98 Å². The van der Waals surface area contributed by atoms with Crippen LogP contribution in [0.4, 0.5) is 13.2 Å². The van der Waals surface area contributed by atoms with Gasteiger partial charge in [0.15, 0.2) is 8.32 Å². The summed E-state index contributed by atoms with van der Waals surface area (Å²) in [5.41, 5.74) is 4.93. The van der Waals surface area contributed by atoms with Gasteiger partial charge in [0.2, 0.25) is 0 Å². The fourth-order valence-electron chi connectivity index (χ4n) is 7.46. The van der Waals surface area contributed by atoms with Crippen molar-refractivity contribution in [3.05, 3.63) is 63.5 Å². The first-order valence-corrected chi connectivity index (χ1v) is 20.5. The van der Waals surface area contributed by atoms with Crippen LogP contribution >= 0.6 is 22.6 Å². The number of aromatic nitrogens is 1. The van der Waals surface area contributed by atoms with E-state index in [4.69, 9.17) is 23.6 Å². The third kappa shape index (κ3) is 6.18. The minimum absolute atomic E-state index is 0.00688. The van der Waals surface area contributed by atoms with Gasteiger partial charge < -0.3 is 18.6 Å². The third-order valence-corrected chi connectivity index (χ3v) is 16.7. The lowest BCUT2D eigenvalue weighted by Gasteiger charge is -2.47. The highest BCUT2D eigenvalue weighted by atomic mass is 127. The largest absolute Gasteiger partial charge is 0.416 e. The third-order valence-electron chi connectivity index (χ3n) is 10.9. The summed E-state index contributed by atoms with van der Waals surface area (Å²) in [4.78, 5) is 5.57. The van der Waals surface area contributed by atoms with Crippen LogP contribution in [0.3, 0.4) is 0 Å². The summed E-state index contributed by atoms with van der Waals surface area (Å²) in [6, 6.07) is 5.55. The van der Waals surface area contributed by atoms with Crippen molar-refractivity contribution in [2.75, 3.05) is 26.4 Å². The van der Waals surface area contributed by atoms with Gasteiger partial charge in [0, 0.05) is 54.5 Å². The van der Waals surface area contributed by atoms with E-state index in [-0.39, 0.29) is 26.4 Å². The summed E-state index contributed by atoms with van der Waals surface area (Å²) in [5, 5.41) is 0.0226. The fourth-order valence-corrected chi connectivity index (χ4v) is 9.75. The Hall–Kier alpha value is -1.05. The number of alkyl halides is 4. The van der Waals surface area contributed by atoms with E-state index in [1.165, 1.54) is 23.3 Å². The Kier molecular flexibility index (Phi) is 8.89. The Labute approximate surface area is 280 Å². The van der Waals surface area contributed by atoms with Crippen molar-refractivity contribution >= 4 is 30.9 Å². The van der Waals surface area contributed by atoms with E-state index in [9.17, 15) is 13.2 Å². The summed E-state index contributed by atoms with van der Waals surface area (Å²) < 4.78 is 67.3. The minimum Gasteiger partial charge on any atom is -0.410 e. The lowest BCUT2D eigenvalue weighted by atomic mass is 9.69. The number of nitrogens with zero attached hydrogens (tertiary/aromatic N) is 1. The second kappa shape index (κ2) is 11.8. The molecular formula is C35H47F3INO4Si. The maximum absolute atomic E-state index is 13.6. The molecule has 0 bridgehead atoms. The SMILES string of the molecule is CC1(C)Cc2nc(C3CCOCC3)c3c(c2[C@@H](O[Si](C)(C)C(C)(C)C)C1)C1(CCOCC1I)O[C@@H]3c1ccc(C(F)(F)F)cc1.